The number of nitrogens with zero attached hydrogens (tertiary/aromatic N) is 2. The van der Waals surface area contributed by atoms with Gasteiger partial charge < -0.3 is 20.2 Å². The monoisotopic (exact) mass is 283 g/mol. The summed E-state index contributed by atoms with van der Waals surface area (Å²) in [4.78, 5) is 27.0. The highest BCUT2D eigenvalue weighted by atomic mass is 16.4. The van der Waals surface area contributed by atoms with Gasteiger partial charge in [-0.1, -0.05) is 6.92 Å². The SMILES string of the molecule is CC(CNC(=O)N1CCC[C@H]1C(=O)O)CN1CCCC1. The number of carboxylic acid groups (broad SMARTS) is 1. The molecular formula is C14H25N3O3. The zero-order valence-electron chi connectivity index (χ0n) is 12.2. The van der Waals surface area contributed by atoms with E-state index in [1.54, 1.807) is 0 Å². The molecule has 0 saturated carbocycles. The molecule has 2 saturated heterocycles. The highest BCUT2D eigenvalue weighted by Crippen LogP contribution is 2.17. The summed E-state index contributed by atoms with van der Waals surface area (Å²) < 4.78 is 0. The molecule has 2 aliphatic rings. The average molecular weight is 283 g/mol. The molecule has 2 amide bonds. The van der Waals surface area contributed by atoms with Crippen LogP contribution in [0.1, 0.15) is 32.6 Å². The van der Waals surface area contributed by atoms with Crippen LogP contribution in [0.15, 0.2) is 0 Å². The van der Waals surface area contributed by atoms with Crippen LogP contribution in [0.3, 0.4) is 0 Å². The highest BCUT2D eigenvalue weighted by Gasteiger charge is 2.33. The predicted molar refractivity (Wildman–Crippen MR) is 75.6 cm³/mol. The number of hydrogen-bond donors (Lipinski definition) is 2. The summed E-state index contributed by atoms with van der Waals surface area (Å²) in [6.45, 7) is 6.60. The molecule has 2 fully saturated rings. The van der Waals surface area contributed by atoms with Gasteiger partial charge in [-0.2, -0.15) is 0 Å². The van der Waals surface area contributed by atoms with E-state index in [4.69, 9.17) is 5.11 Å². The molecule has 2 heterocycles. The van der Waals surface area contributed by atoms with E-state index >= 15 is 0 Å². The van der Waals surface area contributed by atoms with Crippen molar-refractivity contribution in [2.75, 3.05) is 32.7 Å². The van der Waals surface area contributed by atoms with E-state index in [9.17, 15) is 9.59 Å². The summed E-state index contributed by atoms with van der Waals surface area (Å²) >= 11 is 0. The summed E-state index contributed by atoms with van der Waals surface area (Å²) in [5.41, 5.74) is 0. The first-order chi connectivity index (χ1) is 9.58. The first-order valence-electron chi connectivity index (χ1n) is 7.57. The van der Waals surface area contributed by atoms with Crippen LogP contribution in [0.2, 0.25) is 0 Å². The largest absolute Gasteiger partial charge is 0.480 e. The van der Waals surface area contributed by atoms with Gasteiger partial charge in [-0.05, 0) is 44.7 Å². The Labute approximate surface area is 120 Å². The molecule has 6 nitrogen and oxygen atoms in total. The number of carboxylic acids is 1. The molecule has 6 heteroatoms. The van der Waals surface area contributed by atoms with E-state index in [0.717, 1.165) is 26.1 Å². The lowest BCUT2D eigenvalue weighted by Gasteiger charge is -2.24. The van der Waals surface area contributed by atoms with E-state index in [1.807, 2.05) is 0 Å². The molecule has 20 heavy (non-hydrogen) atoms. The summed E-state index contributed by atoms with van der Waals surface area (Å²) in [7, 11) is 0. The fourth-order valence-corrected chi connectivity index (χ4v) is 3.10. The van der Waals surface area contributed by atoms with Crippen molar-refractivity contribution >= 4 is 12.0 Å². The Hall–Kier alpha value is -1.30. The summed E-state index contributed by atoms with van der Waals surface area (Å²) in [5.74, 6) is -0.509. The molecule has 0 aromatic carbocycles. The molecule has 2 atom stereocenters. The quantitative estimate of drug-likeness (QED) is 0.789. The lowest BCUT2D eigenvalue weighted by Crippen LogP contribution is -2.47. The van der Waals surface area contributed by atoms with Gasteiger partial charge in [-0.25, -0.2) is 9.59 Å². The molecule has 0 radical (unpaired) electrons. The van der Waals surface area contributed by atoms with Crippen LogP contribution < -0.4 is 5.32 Å². The maximum atomic E-state index is 12.0. The minimum absolute atomic E-state index is 0.233. The van der Waals surface area contributed by atoms with Gasteiger partial charge in [0.1, 0.15) is 6.04 Å². The van der Waals surface area contributed by atoms with Gasteiger partial charge >= 0.3 is 12.0 Å². The van der Waals surface area contributed by atoms with Crippen LogP contribution in [0.5, 0.6) is 0 Å². The zero-order chi connectivity index (χ0) is 14.5. The van der Waals surface area contributed by atoms with E-state index in [-0.39, 0.29) is 6.03 Å². The van der Waals surface area contributed by atoms with Crippen molar-refractivity contribution in [2.45, 2.75) is 38.6 Å². The van der Waals surface area contributed by atoms with E-state index in [0.29, 0.717) is 25.4 Å². The fraction of sp³-hybridized carbons (Fsp3) is 0.857. The number of hydrogen-bond acceptors (Lipinski definition) is 3. The lowest BCUT2D eigenvalue weighted by molar-refractivity contribution is -0.141. The summed E-state index contributed by atoms with van der Waals surface area (Å²) in [5, 5.41) is 12.0. The molecule has 2 aliphatic heterocycles. The number of rotatable bonds is 5. The smallest absolute Gasteiger partial charge is 0.326 e. The second-order valence-corrected chi connectivity index (χ2v) is 5.99. The van der Waals surface area contributed by atoms with Gasteiger partial charge in [-0.3, -0.25) is 0 Å². The topological polar surface area (TPSA) is 72.9 Å². The first kappa shape index (κ1) is 15.1. The predicted octanol–water partition coefficient (Wildman–Crippen LogP) is 0.977. The number of likely N-dealkylation sites (tertiary alicyclic amines) is 2. The fourth-order valence-electron chi connectivity index (χ4n) is 3.10. The Bertz CT molecular complexity index is 356. The number of nitrogens with one attached hydrogen (secondary N) is 1. The van der Waals surface area contributed by atoms with Crippen LogP contribution in [0.4, 0.5) is 4.79 Å². The molecule has 0 spiro atoms. The Morgan fingerprint density at radius 2 is 1.95 bits per heavy atom. The second-order valence-electron chi connectivity index (χ2n) is 5.99. The third-order valence-electron chi connectivity index (χ3n) is 4.17. The van der Waals surface area contributed by atoms with Gasteiger partial charge in [0, 0.05) is 19.6 Å². The Morgan fingerprint density at radius 1 is 1.25 bits per heavy atom. The number of carbonyl (C=O) groups excluding carboxylic acids is 1. The number of carbonyl (C=O) groups is 2. The van der Waals surface area contributed by atoms with Crippen LogP contribution >= 0.6 is 0 Å². The Balaban J connectivity index is 1.72. The summed E-state index contributed by atoms with van der Waals surface area (Å²) in [6, 6.07) is -0.882. The third kappa shape index (κ3) is 3.85. The van der Waals surface area contributed by atoms with E-state index in [2.05, 4.69) is 17.1 Å². The molecule has 1 unspecified atom stereocenters. The van der Waals surface area contributed by atoms with E-state index in [1.165, 1.54) is 17.7 Å². The summed E-state index contributed by atoms with van der Waals surface area (Å²) in [6.07, 6.45) is 3.88. The molecule has 0 bridgehead atoms. The number of urea groups is 1. The van der Waals surface area contributed by atoms with Crippen molar-refractivity contribution in [3.05, 3.63) is 0 Å². The average Bonchev–Trinajstić information content (AvgIpc) is 3.06. The normalized spacial score (nSPS) is 24.9. The van der Waals surface area contributed by atoms with Gasteiger partial charge in [0.25, 0.3) is 0 Å². The molecular weight excluding hydrogens is 258 g/mol. The van der Waals surface area contributed by atoms with Gasteiger partial charge in [-0.15, -0.1) is 0 Å². The van der Waals surface area contributed by atoms with Crippen LogP contribution in [0, 0.1) is 5.92 Å². The maximum absolute atomic E-state index is 12.0. The minimum Gasteiger partial charge on any atom is -0.480 e. The van der Waals surface area contributed by atoms with Crippen molar-refractivity contribution in [1.29, 1.82) is 0 Å². The van der Waals surface area contributed by atoms with Crippen LogP contribution in [-0.4, -0.2) is 65.7 Å². The molecule has 0 aromatic heterocycles. The van der Waals surface area contributed by atoms with Crippen LogP contribution in [-0.2, 0) is 4.79 Å². The van der Waals surface area contributed by atoms with Crippen molar-refractivity contribution in [2.24, 2.45) is 5.92 Å². The zero-order valence-corrected chi connectivity index (χ0v) is 12.2. The van der Waals surface area contributed by atoms with Crippen molar-refractivity contribution in [3.63, 3.8) is 0 Å². The lowest BCUT2D eigenvalue weighted by atomic mass is 10.1. The van der Waals surface area contributed by atoms with Gasteiger partial charge in [0.05, 0.1) is 0 Å². The van der Waals surface area contributed by atoms with E-state index < -0.39 is 12.0 Å². The van der Waals surface area contributed by atoms with Gasteiger partial charge in [0.2, 0.25) is 0 Å². The van der Waals surface area contributed by atoms with Crippen molar-refractivity contribution < 1.29 is 14.7 Å². The third-order valence-corrected chi connectivity index (χ3v) is 4.17. The minimum atomic E-state index is -0.900. The first-order valence-corrected chi connectivity index (χ1v) is 7.57. The van der Waals surface area contributed by atoms with Gasteiger partial charge in [0.15, 0.2) is 0 Å². The molecule has 2 rings (SSSR count). The van der Waals surface area contributed by atoms with Crippen LogP contribution in [0.25, 0.3) is 0 Å². The number of aliphatic carboxylic acids is 1. The Kier molecular flexibility index (Phi) is 5.23. The number of amides is 2. The maximum Gasteiger partial charge on any atom is 0.326 e. The van der Waals surface area contributed by atoms with Crippen molar-refractivity contribution in [3.8, 4) is 0 Å². The molecule has 0 aromatic rings. The Morgan fingerprint density at radius 3 is 2.60 bits per heavy atom. The molecule has 114 valence electrons. The second kappa shape index (κ2) is 6.92. The van der Waals surface area contributed by atoms with Crippen molar-refractivity contribution in [1.82, 2.24) is 15.1 Å². The standard InChI is InChI=1S/C14H25N3O3/c1-11(10-16-6-2-3-7-16)9-15-14(20)17-8-4-5-12(17)13(18)19/h11-12H,2-10H2,1H3,(H,15,20)(H,18,19)/t11?,12-/m0/s1. The highest BCUT2D eigenvalue weighted by molar-refractivity contribution is 5.83. The molecule has 2 N–H and O–H groups in total. The molecule has 0 aliphatic carbocycles.